The van der Waals surface area contributed by atoms with Gasteiger partial charge in [0.15, 0.2) is 11.2 Å². The van der Waals surface area contributed by atoms with E-state index in [1.807, 2.05) is 28.2 Å². The van der Waals surface area contributed by atoms with Gasteiger partial charge in [-0.05, 0) is 17.9 Å². The van der Waals surface area contributed by atoms with Crippen LogP contribution in [-0.2, 0) is 31.4 Å². The molecule has 10 heteroatoms. The van der Waals surface area contributed by atoms with E-state index in [1.54, 1.807) is 7.05 Å². The van der Waals surface area contributed by atoms with E-state index < -0.39 is 23.7 Å². The van der Waals surface area contributed by atoms with Crippen LogP contribution in [-0.4, -0.2) is 37.7 Å². The van der Waals surface area contributed by atoms with Gasteiger partial charge in [0.1, 0.15) is 6.54 Å². The molecule has 0 bridgehead atoms. The molecule has 1 aliphatic heterocycles. The zero-order valence-electron chi connectivity index (χ0n) is 17.0. The minimum atomic E-state index is -0.621. The van der Waals surface area contributed by atoms with Crippen molar-refractivity contribution in [1.82, 2.24) is 24.1 Å². The third-order valence-corrected chi connectivity index (χ3v) is 5.50. The lowest BCUT2D eigenvalue weighted by Crippen LogP contribution is -2.45. The van der Waals surface area contributed by atoms with Crippen LogP contribution in [0.15, 0.2) is 39.9 Å². The first-order valence-corrected chi connectivity index (χ1v) is 9.89. The second-order valence-electron chi connectivity index (χ2n) is 7.78. The number of benzene rings is 1. The third-order valence-electron chi connectivity index (χ3n) is 5.50. The molecule has 0 aliphatic carbocycles. The standard InChI is InChI=1S/C20H25N7O3/c1-13-10-25(9-8-14-6-4-3-5-7-14)19-22-17-16(26(19)11-13)18(29)27(12-15(28)23-21)20(30)24(17)2/h3-7,13H,8-12,21H2,1-2H3,(H,23,28)/t13-/m1/s1. The average Bonchev–Trinajstić information content (AvgIpc) is 3.13. The van der Waals surface area contributed by atoms with Gasteiger partial charge in [-0.15, -0.1) is 0 Å². The van der Waals surface area contributed by atoms with E-state index in [-0.39, 0.29) is 0 Å². The van der Waals surface area contributed by atoms with Crippen molar-refractivity contribution in [3.63, 3.8) is 0 Å². The molecular weight excluding hydrogens is 386 g/mol. The maximum Gasteiger partial charge on any atom is 0.332 e. The van der Waals surface area contributed by atoms with Gasteiger partial charge in [0.2, 0.25) is 5.95 Å². The summed E-state index contributed by atoms with van der Waals surface area (Å²) in [4.78, 5) is 44.3. The summed E-state index contributed by atoms with van der Waals surface area (Å²) in [5, 5.41) is 0. The predicted molar refractivity (Wildman–Crippen MR) is 113 cm³/mol. The van der Waals surface area contributed by atoms with Gasteiger partial charge in [-0.2, -0.15) is 4.98 Å². The Balaban J connectivity index is 1.80. The number of anilines is 1. The number of hydrogen-bond acceptors (Lipinski definition) is 6. The lowest BCUT2D eigenvalue weighted by Gasteiger charge is -2.33. The molecule has 3 aromatic rings. The van der Waals surface area contributed by atoms with Crippen molar-refractivity contribution in [2.45, 2.75) is 26.4 Å². The highest BCUT2D eigenvalue weighted by Crippen LogP contribution is 2.26. The Labute approximate surface area is 172 Å². The Kier molecular flexibility index (Phi) is 5.17. The van der Waals surface area contributed by atoms with Gasteiger partial charge in [0.05, 0.1) is 0 Å². The summed E-state index contributed by atoms with van der Waals surface area (Å²) in [6.45, 7) is 3.85. The van der Waals surface area contributed by atoms with Crippen LogP contribution in [0, 0.1) is 5.92 Å². The number of nitrogens with one attached hydrogen (secondary N) is 1. The van der Waals surface area contributed by atoms with Crippen LogP contribution in [0.3, 0.4) is 0 Å². The van der Waals surface area contributed by atoms with E-state index in [1.165, 1.54) is 10.1 Å². The molecule has 4 rings (SSSR count). The molecule has 0 saturated carbocycles. The number of carbonyl (C=O) groups is 1. The normalized spacial score (nSPS) is 16.0. The Bertz CT molecular complexity index is 1210. The second kappa shape index (κ2) is 7.79. The number of aromatic nitrogens is 4. The van der Waals surface area contributed by atoms with E-state index in [9.17, 15) is 14.4 Å². The minimum Gasteiger partial charge on any atom is -0.342 e. The van der Waals surface area contributed by atoms with Crippen LogP contribution in [0.5, 0.6) is 0 Å². The summed E-state index contributed by atoms with van der Waals surface area (Å²) < 4.78 is 4.08. The highest BCUT2D eigenvalue weighted by molar-refractivity contribution is 5.77. The van der Waals surface area contributed by atoms with E-state index in [0.717, 1.165) is 24.1 Å². The number of nitrogens with two attached hydrogens (primary N) is 1. The largest absolute Gasteiger partial charge is 0.342 e. The molecule has 3 N–H and O–H groups in total. The van der Waals surface area contributed by atoms with Gasteiger partial charge < -0.3 is 9.47 Å². The summed E-state index contributed by atoms with van der Waals surface area (Å²) in [6.07, 6.45) is 0.844. The predicted octanol–water partition coefficient (Wildman–Crippen LogP) is -0.415. The molecule has 0 fully saturated rings. The zero-order chi connectivity index (χ0) is 21.4. The van der Waals surface area contributed by atoms with Gasteiger partial charge >= 0.3 is 5.69 Å². The smallest absolute Gasteiger partial charge is 0.332 e. The number of aryl methyl sites for hydroxylation is 1. The van der Waals surface area contributed by atoms with Gasteiger partial charge in [-0.25, -0.2) is 15.2 Å². The number of fused-ring (bicyclic) bond motifs is 3. The van der Waals surface area contributed by atoms with Crippen LogP contribution in [0.2, 0.25) is 0 Å². The Morgan fingerprint density at radius 3 is 2.67 bits per heavy atom. The first kappa shape index (κ1) is 19.9. The first-order valence-electron chi connectivity index (χ1n) is 9.89. The van der Waals surface area contributed by atoms with Crippen LogP contribution in [0.25, 0.3) is 11.2 Å². The molecule has 0 unspecified atom stereocenters. The van der Waals surface area contributed by atoms with E-state index in [0.29, 0.717) is 29.6 Å². The molecule has 0 spiro atoms. The van der Waals surface area contributed by atoms with Gasteiger partial charge in [-0.1, -0.05) is 37.3 Å². The van der Waals surface area contributed by atoms with Crippen molar-refractivity contribution in [2.75, 3.05) is 18.0 Å². The van der Waals surface area contributed by atoms with Crippen molar-refractivity contribution >= 4 is 23.0 Å². The topological polar surface area (TPSA) is 120 Å². The van der Waals surface area contributed by atoms with E-state index in [2.05, 4.69) is 28.9 Å². The molecule has 1 amide bonds. The van der Waals surface area contributed by atoms with Crippen LogP contribution in [0.4, 0.5) is 5.95 Å². The Hall–Kier alpha value is -3.40. The van der Waals surface area contributed by atoms with Gasteiger partial charge in [-0.3, -0.25) is 19.6 Å². The van der Waals surface area contributed by atoms with Gasteiger partial charge in [0.25, 0.3) is 11.5 Å². The van der Waals surface area contributed by atoms with Crippen molar-refractivity contribution < 1.29 is 4.79 Å². The number of imidazole rings is 1. The van der Waals surface area contributed by atoms with Gasteiger partial charge in [0, 0.05) is 26.7 Å². The molecule has 0 radical (unpaired) electrons. The lowest BCUT2D eigenvalue weighted by atomic mass is 10.1. The van der Waals surface area contributed by atoms with E-state index >= 15 is 0 Å². The van der Waals surface area contributed by atoms with Crippen LogP contribution < -0.4 is 27.4 Å². The maximum atomic E-state index is 13.1. The van der Waals surface area contributed by atoms with Crippen LogP contribution in [0.1, 0.15) is 12.5 Å². The SMILES string of the molecule is C[C@@H]1CN(CCc2ccccc2)c2nc3c(c(=O)n(CC(=O)NN)c(=O)n3C)n2C1. The number of hydrazine groups is 1. The highest BCUT2D eigenvalue weighted by atomic mass is 16.2. The number of rotatable bonds is 5. The Morgan fingerprint density at radius 2 is 1.97 bits per heavy atom. The third kappa shape index (κ3) is 3.39. The molecule has 2 aromatic heterocycles. The fourth-order valence-corrected chi connectivity index (χ4v) is 4.03. The van der Waals surface area contributed by atoms with Crippen molar-refractivity contribution in [2.24, 2.45) is 18.8 Å². The summed E-state index contributed by atoms with van der Waals surface area (Å²) in [5.41, 5.74) is 2.70. The van der Waals surface area contributed by atoms with Crippen molar-refractivity contribution in [3.8, 4) is 0 Å². The molecule has 0 saturated heterocycles. The van der Waals surface area contributed by atoms with Crippen LogP contribution >= 0.6 is 0 Å². The Morgan fingerprint density at radius 1 is 1.23 bits per heavy atom. The fourth-order valence-electron chi connectivity index (χ4n) is 4.03. The number of nitrogens with zero attached hydrogens (tertiary/aromatic N) is 5. The lowest BCUT2D eigenvalue weighted by molar-refractivity contribution is -0.121. The quantitative estimate of drug-likeness (QED) is 0.334. The number of amides is 1. The molecule has 1 atom stereocenters. The molecule has 3 heterocycles. The minimum absolute atomic E-state index is 0.295. The monoisotopic (exact) mass is 411 g/mol. The molecule has 30 heavy (non-hydrogen) atoms. The molecule has 158 valence electrons. The summed E-state index contributed by atoms with van der Waals surface area (Å²) in [7, 11) is 1.55. The maximum absolute atomic E-state index is 13.1. The summed E-state index contributed by atoms with van der Waals surface area (Å²) in [6, 6.07) is 10.2. The fraction of sp³-hybridized carbons (Fsp3) is 0.400. The number of hydrogen-bond donors (Lipinski definition) is 2. The molecule has 10 nitrogen and oxygen atoms in total. The van der Waals surface area contributed by atoms with E-state index in [4.69, 9.17) is 5.84 Å². The zero-order valence-corrected chi connectivity index (χ0v) is 17.0. The van der Waals surface area contributed by atoms with Crippen molar-refractivity contribution in [3.05, 3.63) is 56.7 Å². The second-order valence-corrected chi connectivity index (χ2v) is 7.78. The molecule has 1 aromatic carbocycles. The number of carbonyl (C=O) groups excluding carboxylic acids is 1. The molecule has 1 aliphatic rings. The van der Waals surface area contributed by atoms with Crippen molar-refractivity contribution in [1.29, 1.82) is 0 Å². The molecular formula is C20H25N7O3. The average molecular weight is 411 g/mol. The first-order chi connectivity index (χ1) is 14.4. The summed E-state index contributed by atoms with van der Waals surface area (Å²) in [5.74, 6) is 5.48. The highest BCUT2D eigenvalue weighted by Gasteiger charge is 2.29. The summed E-state index contributed by atoms with van der Waals surface area (Å²) >= 11 is 0.